The first-order chi connectivity index (χ1) is 11.7. The van der Waals surface area contributed by atoms with Gasteiger partial charge in [0, 0.05) is 28.9 Å². The van der Waals surface area contributed by atoms with Crippen LogP contribution in [0.1, 0.15) is 35.4 Å². The number of hydrogen-bond donors (Lipinski definition) is 1. The highest BCUT2D eigenvalue weighted by Gasteiger charge is 2.40. The molecule has 1 aliphatic heterocycles. The van der Waals surface area contributed by atoms with Crippen molar-refractivity contribution in [3.05, 3.63) is 71.7 Å². The van der Waals surface area contributed by atoms with E-state index in [1.165, 1.54) is 6.07 Å². The highest BCUT2D eigenvalue weighted by Crippen LogP contribution is 2.49. The molecule has 3 aromatic rings. The Hall–Kier alpha value is -2.53. The van der Waals surface area contributed by atoms with Crippen LogP contribution in [0.3, 0.4) is 0 Å². The number of aliphatic hydroxyl groups excluding tert-OH is 1. The van der Waals surface area contributed by atoms with Gasteiger partial charge in [-0.05, 0) is 36.6 Å². The van der Waals surface area contributed by atoms with Gasteiger partial charge in [-0.15, -0.1) is 0 Å². The number of fused-ring (bicyclic) bond motifs is 4. The number of halogens is 1. The van der Waals surface area contributed by atoms with Gasteiger partial charge >= 0.3 is 0 Å². The minimum absolute atomic E-state index is 0.0151. The molecule has 24 heavy (non-hydrogen) atoms. The van der Waals surface area contributed by atoms with E-state index in [1.807, 2.05) is 18.2 Å². The Labute approximate surface area is 138 Å². The van der Waals surface area contributed by atoms with Gasteiger partial charge < -0.3 is 9.67 Å². The third kappa shape index (κ3) is 1.82. The van der Waals surface area contributed by atoms with E-state index >= 15 is 0 Å². The second-order valence-electron chi connectivity index (χ2n) is 6.55. The van der Waals surface area contributed by atoms with Gasteiger partial charge in [-0.25, -0.2) is 9.37 Å². The minimum Gasteiger partial charge on any atom is -0.388 e. The highest BCUT2D eigenvalue weighted by molar-refractivity contribution is 5.69. The van der Waals surface area contributed by atoms with Crippen molar-refractivity contribution in [3.8, 4) is 11.3 Å². The zero-order chi connectivity index (χ0) is 16.3. The van der Waals surface area contributed by atoms with Crippen LogP contribution in [0.4, 0.5) is 4.39 Å². The number of benzene rings is 1. The van der Waals surface area contributed by atoms with E-state index in [0.29, 0.717) is 0 Å². The molecule has 1 aromatic carbocycles. The second kappa shape index (κ2) is 4.98. The standard InChI is InChI=1S/C19H16FN3O/c20-11-3-4-12-15(8-11)17-9-21-10-23(17)18(12)14-5-6-16-13(19(14)24)2-1-7-22-16/h1-4,7-10,14,18-19,24H,5-6H2/t14-,18?,19+/m0/s1. The van der Waals surface area contributed by atoms with Gasteiger partial charge in [-0.2, -0.15) is 0 Å². The first kappa shape index (κ1) is 13.9. The van der Waals surface area contributed by atoms with Gasteiger partial charge in [-0.1, -0.05) is 12.1 Å². The van der Waals surface area contributed by atoms with Crippen LogP contribution in [0, 0.1) is 11.7 Å². The Morgan fingerprint density at radius 2 is 2.12 bits per heavy atom. The van der Waals surface area contributed by atoms with Crippen molar-refractivity contribution in [2.24, 2.45) is 5.92 Å². The molecule has 2 aliphatic rings. The van der Waals surface area contributed by atoms with E-state index in [-0.39, 0.29) is 17.8 Å². The largest absolute Gasteiger partial charge is 0.388 e. The van der Waals surface area contributed by atoms with Gasteiger partial charge in [0.25, 0.3) is 0 Å². The normalized spacial score (nSPS) is 24.3. The lowest BCUT2D eigenvalue weighted by Crippen LogP contribution is -2.29. The molecule has 0 fully saturated rings. The lowest BCUT2D eigenvalue weighted by molar-refractivity contribution is 0.0710. The maximum absolute atomic E-state index is 13.7. The Balaban J connectivity index is 1.64. The smallest absolute Gasteiger partial charge is 0.123 e. The molecule has 0 amide bonds. The fourth-order valence-corrected chi connectivity index (χ4v) is 4.28. The predicted octanol–water partition coefficient (Wildman–Crippen LogP) is 3.28. The summed E-state index contributed by atoms with van der Waals surface area (Å²) in [4.78, 5) is 8.63. The predicted molar refractivity (Wildman–Crippen MR) is 86.8 cm³/mol. The van der Waals surface area contributed by atoms with Crippen molar-refractivity contribution in [2.45, 2.75) is 25.0 Å². The van der Waals surface area contributed by atoms with Crippen molar-refractivity contribution < 1.29 is 9.50 Å². The number of imidazole rings is 1. The molecule has 1 N–H and O–H groups in total. The summed E-state index contributed by atoms with van der Waals surface area (Å²) in [7, 11) is 0. The molecule has 0 radical (unpaired) electrons. The highest BCUT2D eigenvalue weighted by atomic mass is 19.1. The van der Waals surface area contributed by atoms with Crippen LogP contribution < -0.4 is 0 Å². The summed E-state index contributed by atoms with van der Waals surface area (Å²) in [6.45, 7) is 0. The number of nitrogens with zero attached hydrogens (tertiary/aromatic N) is 3. The summed E-state index contributed by atoms with van der Waals surface area (Å²) >= 11 is 0. The average molecular weight is 321 g/mol. The average Bonchev–Trinajstić information content (AvgIpc) is 3.17. The van der Waals surface area contributed by atoms with Gasteiger partial charge in [0.1, 0.15) is 5.82 Å². The van der Waals surface area contributed by atoms with Crippen LogP contribution >= 0.6 is 0 Å². The van der Waals surface area contributed by atoms with Crippen LogP contribution in [-0.4, -0.2) is 19.6 Å². The van der Waals surface area contributed by atoms with E-state index in [1.54, 1.807) is 24.8 Å². The summed E-state index contributed by atoms with van der Waals surface area (Å²) in [6.07, 6.45) is 6.41. The van der Waals surface area contributed by atoms with Gasteiger partial charge in [0.15, 0.2) is 0 Å². The van der Waals surface area contributed by atoms with Crippen molar-refractivity contribution in [1.29, 1.82) is 0 Å². The van der Waals surface area contributed by atoms with E-state index in [2.05, 4.69) is 14.5 Å². The summed E-state index contributed by atoms with van der Waals surface area (Å²) in [5, 5.41) is 11.0. The molecule has 3 heterocycles. The zero-order valence-electron chi connectivity index (χ0n) is 12.9. The molecule has 4 nitrogen and oxygen atoms in total. The van der Waals surface area contributed by atoms with Crippen LogP contribution in [0.25, 0.3) is 11.3 Å². The first-order valence-electron chi connectivity index (χ1n) is 8.17. The Kier molecular flexibility index (Phi) is 2.88. The van der Waals surface area contributed by atoms with Crippen LogP contribution in [-0.2, 0) is 6.42 Å². The third-order valence-corrected chi connectivity index (χ3v) is 5.35. The van der Waals surface area contributed by atoms with E-state index in [4.69, 9.17) is 0 Å². The molecule has 0 saturated heterocycles. The molecule has 120 valence electrons. The molecule has 5 heteroatoms. The van der Waals surface area contributed by atoms with Gasteiger partial charge in [0.2, 0.25) is 0 Å². The Morgan fingerprint density at radius 3 is 3.04 bits per heavy atom. The third-order valence-electron chi connectivity index (χ3n) is 5.35. The monoisotopic (exact) mass is 321 g/mol. The molecule has 3 atom stereocenters. The summed E-state index contributed by atoms with van der Waals surface area (Å²) < 4.78 is 15.8. The maximum Gasteiger partial charge on any atom is 0.123 e. The van der Waals surface area contributed by atoms with E-state index in [9.17, 15) is 9.50 Å². The Bertz CT molecular complexity index is 936. The number of pyridine rings is 1. The van der Waals surface area contributed by atoms with E-state index < -0.39 is 6.10 Å². The molecular formula is C19H16FN3O. The van der Waals surface area contributed by atoms with Gasteiger partial charge in [0.05, 0.1) is 30.4 Å². The maximum atomic E-state index is 13.7. The molecule has 0 spiro atoms. The van der Waals surface area contributed by atoms with Crippen molar-refractivity contribution in [3.63, 3.8) is 0 Å². The molecule has 5 rings (SSSR count). The van der Waals surface area contributed by atoms with Crippen LogP contribution in [0.2, 0.25) is 0 Å². The lowest BCUT2D eigenvalue weighted by Gasteiger charge is -2.34. The molecule has 1 aliphatic carbocycles. The number of aromatic nitrogens is 3. The Morgan fingerprint density at radius 1 is 1.21 bits per heavy atom. The molecule has 2 aromatic heterocycles. The molecular weight excluding hydrogens is 305 g/mol. The van der Waals surface area contributed by atoms with Gasteiger partial charge in [-0.3, -0.25) is 4.98 Å². The fourth-order valence-electron chi connectivity index (χ4n) is 4.28. The van der Waals surface area contributed by atoms with Crippen molar-refractivity contribution >= 4 is 0 Å². The van der Waals surface area contributed by atoms with Crippen LogP contribution in [0.5, 0.6) is 0 Å². The summed E-state index contributed by atoms with van der Waals surface area (Å²) in [5.74, 6) is -0.234. The second-order valence-corrected chi connectivity index (χ2v) is 6.55. The minimum atomic E-state index is -0.585. The molecule has 0 bridgehead atoms. The number of aliphatic hydroxyl groups is 1. The first-order valence-corrected chi connectivity index (χ1v) is 8.17. The number of rotatable bonds is 1. The summed E-state index contributed by atoms with van der Waals surface area (Å²) in [6, 6.07) is 8.69. The lowest BCUT2D eigenvalue weighted by atomic mass is 9.77. The fraction of sp³-hybridized carbons (Fsp3) is 0.263. The topological polar surface area (TPSA) is 50.9 Å². The van der Waals surface area contributed by atoms with E-state index in [0.717, 1.165) is 40.9 Å². The van der Waals surface area contributed by atoms with Crippen molar-refractivity contribution in [2.75, 3.05) is 0 Å². The van der Waals surface area contributed by atoms with Crippen LogP contribution in [0.15, 0.2) is 49.1 Å². The SMILES string of the molecule is O[C@@H]1c2cccnc2CC[C@H]1C1c2ccc(F)cc2-c2cncn21. The number of aryl methyl sites for hydroxylation is 1. The molecule has 1 unspecified atom stereocenters. The number of hydrogen-bond acceptors (Lipinski definition) is 3. The summed E-state index contributed by atoms with van der Waals surface area (Å²) in [5.41, 5.74) is 4.74. The van der Waals surface area contributed by atoms with Crippen molar-refractivity contribution in [1.82, 2.24) is 14.5 Å². The quantitative estimate of drug-likeness (QED) is 0.748. The zero-order valence-corrected chi connectivity index (χ0v) is 12.9. The molecule has 0 saturated carbocycles.